The quantitative estimate of drug-likeness (QED) is 0.755. The standard InChI is InChI=1S/C14H21NO2/c1-11-8-9-12(17-11)10-15(2)13-6-4-3-5-7-14(13)16/h8-9,13H,3-7,10H2,1-2H3. The number of carbonyl (C=O) groups is 1. The molecule has 1 atom stereocenters. The molecule has 0 aromatic carbocycles. The Balaban J connectivity index is 1.98. The normalized spacial score (nSPS) is 21.8. The van der Waals surface area contributed by atoms with E-state index >= 15 is 0 Å². The van der Waals surface area contributed by atoms with Gasteiger partial charge in [0.25, 0.3) is 0 Å². The second-order valence-electron chi connectivity index (χ2n) is 5.01. The van der Waals surface area contributed by atoms with Crippen LogP contribution in [0.1, 0.15) is 43.6 Å². The van der Waals surface area contributed by atoms with E-state index in [0.717, 1.165) is 43.7 Å². The molecule has 1 aromatic heterocycles. The smallest absolute Gasteiger partial charge is 0.149 e. The van der Waals surface area contributed by atoms with Gasteiger partial charge in [-0.3, -0.25) is 9.69 Å². The highest BCUT2D eigenvalue weighted by molar-refractivity contribution is 5.84. The lowest BCUT2D eigenvalue weighted by molar-refractivity contribution is -0.123. The molecule has 1 unspecified atom stereocenters. The molecule has 0 spiro atoms. The number of hydrogen-bond acceptors (Lipinski definition) is 3. The van der Waals surface area contributed by atoms with Crippen molar-refractivity contribution in [1.29, 1.82) is 0 Å². The topological polar surface area (TPSA) is 33.5 Å². The van der Waals surface area contributed by atoms with Gasteiger partial charge < -0.3 is 4.42 Å². The average Bonchev–Trinajstić information content (AvgIpc) is 2.57. The molecule has 0 bridgehead atoms. The minimum atomic E-state index is 0.0860. The van der Waals surface area contributed by atoms with Gasteiger partial charge in [-0.05, 0) is 38.9 Å². The minimum Gasteiger partial charge on any atom is -0.465 e. The number of hydrogen-bond donors (Lipinski definition) is 0. The van der Waals surface area contributed by atoms with Crippen molar-refractivity contribution in [3.8, 4) is 0 Å². The van der Waals surface area contributed by atoms with E-state index in [2.05, 4.69) is 4.90 Å². The molecule has 2 rings (SSSR count). The maximum absolute atomic E-state index is 12.0. The van der Waals surface area contributed by atoms with Crippen LogP contribution in [0.5, 0.6) is 0 Å². The first kappa shape index (κ1) is 12.4. The van der Waals surface area contributed by atoms with E-state index in [1.54, 1.807) is 0 Å². The van der Waals surface area contributed by atoms with Crippen molar-refractivity contribution < 1.29 is 9.21 Å². The number of aryl methyl sites for hydroxylation is 1. The van der Waals surface area contributed by atoms with E-state index in [9.17, 15) is 4.79 Å². The molecule has 0 saturated heterocycles. The Bertz CT molecular complexity index is 383. The second-order valence-corrected chi connectivity index (χ2v) is 5.01. The Morgan fingerprint density at radius 2 is 2.18 bits per heavy atom. The third kappa shape index (κ3) is 3.19. The predicted molar refractivity (Wildman–Crippen MR) is 66.8 cm³/mol. The first-order valence-electron chi connectivity index (χ1n) is 6.45. The lowest BCUT2D eigenvalue weighted by Crippen LogP contribution is -2.37. The van der Waals surface area contributed by atoms with Crippen LogP contribution in [-0.4, -0.2) is 23.8 Å². The van der Waals surface area contributed by atoms with Crippen LogP contribution in [0.4, 0.5) is 0 Å². The number of furan rings is 1. The van der Waals surface area contributed by atoms with Gasteiger partial charge in [0, 0.05) is 6.42 Å². The lowest BCUT2D eigenvalue weighted by Gasteiger charge is -2.24. The van der Waals surface area contributed by atoms with E-state index in [4.69, 9.17) is 4.42 Å². The molecule has 3 nitrogen and oxygen atoms in total. The van der Waals surface area contributed by atoms with Crippen molar-refractivity contribution >= 4 is 5.78 Å². The molecule has 1 heterocycles. The van der Waals surface area contributed by atoms with Gasteiger partial charge in [-0.1, -0.05) is 12.8 Å². The van der Waals surface area contributed by atoms with E-state index in [0.29, 0.717) is 5.78 Å². The number of rotatable bonds is 3. The Kier molecular flexibility index (Phi) is 4.00. The Morgan fingerprint density at radius 3 is 2.88 bits per heavy atom. The second kappa shape index (κ2) is 5.50. The fourth-order valence-corrected chi connectivity index (χ4v) is 2.53. The van der Waals surface area contributed by atoms with E-state index < -0.39 is 0 Å². The molecule has 0 N–H and O–H groups in total. The molecule has 17 heavy (non-hydrogen) atoms. The summed E-state index contributed by atoms with van der Waals surface area (Å²) in [5.74, 6) is 2.27. The van der Waals surface area contributed by atoms with Gasteiger partial charge >= 0.3 is 0 Å². The van der Waals surface area contributed by atoms with Gasteiger partial charge in [-0.25, -0.2) is 0 Å². The van der Waals surface area contributed by atoms with Gasteiger partial charge in [-0.15, -0.1) is 0 Å². The fraction of sp³-hybridized carbons (Fsp3) is 0.643. The van der Waals surface area contributed by atoms with Gasteiger partial charge in [-0.2, -0.15) is 0 Å². The van der Waals surface area contributed by atoms with E-state index in [1.165, 1.54) is 6.42 Å². The van der Waals surface area contributed by atoms with Crippen LogP contribution < -0.4 is 0 Å². The van der Waals surface area contributed by atoms with Crippen LogP contribution in [0.15, 0.2) is 16.5 Å². The molecule has 0 aliphatic heterocycles. The summed E-state index contributed by atoms with van der Waals surface area (Å²) in [5.41, 5.74) is 0. The van der Waals surface area contributed by atoms with Crippen LogP contribution >= 0.6 is 0 Å². The summed E-state index contributed by atoms with van der Waals surface area (Å²) in [4.78, 5) is 14.1. The maximum atomic E-state index is 12.0. The SMILES string of the molecule is Cc1ccc(CN(C)C2CCCCCC2=O)o1. The van der Waals surface area contributed by atoms with Crippen molar-refractivity contribution in [2.45, 2.75) is 51.6 Å². The number of Topliss-reactive ketones (excluding diaryl/α,β-unsaturated/α-hetero) is 1. The van der Waals surface area contributed by atoms with Crippen LogP contribution in [0.2, 0.25) is 0 Å². The first-order valence-corrected chi connectivity index (χ1v) is 6.45. The summed E-state index contributed by atoms with van der Waals surface area (Å²) in [6, 6.07) is 4.05. The Morgan fingerprint density at radius 1 is 1.35 bits per heavy atom. The zero-order valence-electron chi connectivity index (χ0n) is 10.7. The Hall–Kier alpha value is -1.09. The molecule has 3 heteroatoms. The van der Waals surface area contributed by atoms with Crippen LogP contribution in [0.25, 0.3) is 0 Å². The predicted octanol–water partition coefficient (Wildman–Crippen LogP) is 2.92. The van der Waals surface area contributed by atoms with Crippen LogP contribution in [0, 0.1) is 6.92 Å². The molecule has 0 amide bonds. The average molecular weight is 235 g/mol. The molecular formula is C14H21NO2. The zero-order valence-corrected chi connectivity index (χ0v) is 10.7. The van der Waals surface area contributed by atoms with Crippen LogP contribution in [-0.2, 0) is 11.3 Å². The highest BCUT2D eigenvalue weighted by Crippen LogP contribution is 2.20. The molecule has 94 valence electrons. The largest absolute Gasteiger partial charge is 0.465 e. The summed E-state index contributed by atoms with van der Waals surface area (Å²) in [5, 5.41) is 0. The fourth-order valence-electron chi connectivity index (χ4n) is 2.53. The highest BCUT2D eigenvalue weighted by atomic mass is 16.3. The number of ketones is 1. The number of carbonyl (C=O) groups excluding carboxylic acids is 1. The molecule has 1 aliphatic carbocycles. The molecule has 1 aliphatic rings. The van der Waals surface area contributed by atoms with Gasteiger partial charge in [0.05, 0.1) is 12.6 Å². The summed E-state index contributed by atoms with van der Waals surface area (Å²) in [6.07, 6.45) is 5.15. The van der Waals surface area contributed by atoms with E-state index in [1.807, 2.05) is 26.1 Å². The van der Waals surface area contributed by atoms with E-state index in [-0.39, 0.29) is 6.04 Å². The van der Waals surface area contributed by atoms with Crippen molar-refractivity contribution in [3.05, 3.63) is 23.7 Å². The first-order chi connectivity index (χ1) is 8.16. The number of likely N-dealkylation sites (N-methyl/N-ethyl adjacent to an activating group) is 1. The van der Waals surface area contributed by atoms with Crippen molar-refractivity contribution in [2.75, 3.05) is 7.05 Å². The summed E-state index contributed by atoms with van der Waals surface area (Å²) >= 11 is 0. The van der Waals surface area contributed by atoms with Crippen molar-refractivity contribution in [1.82, 2.24) is 4.90 Å². The van der Waals surface area contributed by atoms with Gasteiger partial charge in [0.2, 0.25) is 0 Å². The third-order valence-corrected chi connectivity index (χ3v) is 3.51. The third-order valence-electron chi connectivity index (χ3n) is 3.51. The summed E-state index contributed by atoms with van der Waals surface area (Å²) in [7, 11) is 2.02. The monoisotopic (exact) mass is 235 g/mol. The maximum Gasteiger partial charge on any atom is 0.149 e. The number of nitrogens with zero attached hydrogens (tertiary/aromatic N) is 1. The highest BCUT2D eigenvalue weighted by Gasteiger charge is 2.24. The van der Waals surface area contributed by atoms with Gasteiger partial charge in [0.15, 0.2) is 0 Å². The molecule has 0 radical (unpaired) electrons. The van der Waals surface area contributed by atoms with Crippen molar-refractivity contribution in [2.24, 2.45) is 0 Å². The van der Waals surface area contributed by atoms with Crippen molar-refractivity contribution in [3.63, 3.8) is 0 Å². The van der Waals surface area contributed by atoms with Gasteiger partial charge in [0.1, 0.15) is 17.3 Å². The Labute approximate surface area is 103 Å². The van der Waals surface area contributed by atoms with Crippen LogP contribution in [0.3, 0.4) is 0 Å². The lowest BCUT2D eigenvalue weighted by atomic mass is 10.1. The molecule has 1 saturated carbocycles. The molecule has 1 aromatic rings. The molecular weight excluding hydrogens is 214 g/mol. The zero-order chi connectivity index (χ0) is 12.3. The minimum absolute atomic E-state index is 0.0860. The molecule has 1 fully saturated rings. The summed E-state index contributed by atoms with van der Waals surface area (Å²) in [6.45, 7) is 2.67. The summed E-state index contributed by atoms with van der Waals surface area (Å²) < 4.78 is 5.56.